The lowest BCUT2D eigenvalue weighted by Crippen LogP contribution is -2.30. The molecular weight excluding hydrogens is 254 g/mol. The normalized spacial score (nSPS) is 18.4. The molecule has 0 bridgehead atoms. The van der Waals surface area contributed by atoms with Crippen LogP contribution < -0.4 is 4.74 Å². The summed E-state index contributed by atoms with van der Waals surface area (Å²) in [5, 5.41) is 9.08. The first-order valence-electron chi connectivity index (χ1n) is 7.19. The van der Waals surface area contributed by atoms with Crippen molar-refractivity contribution >= 4 is 5.91 Å². The SMILES string of the molecule is Cc1cccc(OCCC(=O)N2CCC(CO)C2)c1C. The number of nitrogens with zero attached hydrogens (tertiary/aromatic N) is 1. The summed E-state index contributed by atoms with van der Waals surface area (Å²) in [6.45, 7) is 6.09. The Morgan fingerprint density at radius 2 is 2.25 bits per heavy atom. The molecular formula is C16H23NO3. The summed E-state index contributed by atoms with van der Waals surface area (Å²) in [6.07, 6.45) is 1.30. The van der Waals surface area contributed by atoms with Crippen LogP contribution in [0.1, 0.15) is 24.0 Å². The maximum atomic E-state index is 12.0. The van der Waals surface area contributed by atoms with E-state index in [1.807, 2.05) is 36.9 Å². The third kappa shape index (κ3) is 3.51. The molecule has 2 rings (SSSR count). The van der Waals surface area contributed by atoms with Crippen molar-refractivity contribution in [3.05, 3.63) is 29.3 Å². The fourth-order valence-corrected chi connectivity index (χ4v) is 2.50. The van der Waals surface area contributed by atoms with Gasteiger partial charge in [-0.2, -0.15) is 0 Å². The minimum Gasteiger partial charge on any atom is -0.493 e. The molecule has 1 fully saturated rings. The van der Waals surface area contributed by atoms with Gasteiger partial charge in [0.15, 0.2) is 0 Å². The van der Waals surface area contributed by atoms with Crippen molar-refractivity contribution in [3.8, 4) is 5.75 Å². The topological polar surface area (TPSA) is 49.8 Å². The highest BCUT2D eigenvalue weighted by molar-refractivity contribution is 5.76. The summed E-state index contributed by atoms with van der Waals surface area (Å²) in [5.74, 6) is 1.22. The molecule has 1 amide bonds. The Bertz CT molecular complexity index is 473. The Balaban J connectivity index is 1.78. The number of hydrogen-bond donors (Lipinski definition) is 1. The molecule has 1 aliphatic rings. The summed E-state index contributed by atoms with van der Waals surface area (Å²) in [6, 6.07) is 5.95. The molecule has 1 aliphatic heterocycles. The largest absolute Gasteiger partial charge is 0.493 e. The summed E-state index contributed by atoms with van der Waals surface area (Å²) >= 11 is 0. The minimum absolute atomic E-state index is 0.117. The Labute approximate surface area is 120 Å². The molecule has 1 aromatic carbocycles. The highest BCUT2D eigenvalue weighted by atomic mass is 16.5. The maximum Gasteiger partial charge on any atom is 0.226 e. The van der Waals surface area contributed by atoms with Crippen LogP contribution in [0, 0.1) is 19.8 Å². The fraction of sp³-hybridized carbons (Fsp3) is 0.562. The first-order chi connectivity index (χ1) is 9.61. The molecule has 0 aliphatic carbocycles. The third-order valence-electron chi connectivity index (χ3n) is 4.03. The van der Waals surface area contributed by atoms with Crippen LogP contribution in [-0.4, -0.2) is 42.2 Å². The van der Waals surface area contributed by atoms with E-state index in [2.05, 4.69) is 0 Å². The van der Waals surface area contributed by atoms with Gasteiger partial charge in [-0.15, -0.1) is 0 Å². The predicted octanol–water partition coefficient (Wildman–Crippen LogP) is 1.91. The minimum atomic E-state index is 0.117. The quantitative estimate of drug-likeness (QED) is 0.894. The van der Waals surface area contributed by atoms with E-state index in [9.17, 15) is 4.79 Å². The van der Waals surface area contributed by atoms with Crippen LogP contribution in [0.25, 0.3) is 0 Å². The van der Waals surface area contributed by atoms with Crippen LogP contribution in [-0.2, 0) is 4.79 Å². The lowest BCUT2D eigenvalue weighted by Gasteiger charge is -2.17. The summed E-state index contributed by atoms with van der Waals surface area (Å²) in [7, 11) is 0. The second kappa shape index (κ2) is 6.75. The number of amides is 1. The van der Waals surface area contributed by atoms with E-state index in [1.165, 1.54) is 5.56 Å². The summed E-state index contributed by atoms with van der Waals surface area (Å²) in [5.41, 5.74) is 2.32. The first-order valence-corrected chi connectivity index (χ1v) is 7.19. The average molecular weight is 277 g/mol. The van der Waals surface area contributed by atoms with Crippen molar-refractivity contribution in [1.82, 2.24) is 4.90 Å². The Morgan fingerprint density at radius 3 is 2.95 bits per heavy atom. The number of carbonyl (C=O) groups is 1. The van der Waals surface area contributed by atoms with Gasteiger partial charge in [0, 0.05) is 25.6 Å². The molecule has 1 aromatic rings. The molecule has 0 aromatic heterocycles. The Kier molecular flexibility index (Phi) is 5.01. The summed E-state index contributed by atoms with van der Waals surface area (Å²) in [4.78, 5) is 13.8. The molecule has 1 unspecified atom stereocenters. The van der Waals surface area contributed by atoms with Gasteiger partial charge in [0.25, 0.3) is 0 Å². The van der Waals surface area contributed by atoms with Gasteiger partial charge in [-0.25, -0.2) is 0 Å². The van der Waals surface area contributed by atoms with E-state index in [-0.39, 0.29) is 18.4 Å². The van der Waals surface area contributed by atoms with Gasteiger partial charge in [0.1, 0.15) is 5.75 Å². The van der Waals surface area contributed by atoms with Crippen molar-refractivity contribution < 1.29 is 14.6 Å². The molecule has 0 saturated carbocycles. The molecule has 1 N–H and O–H groups in total. The highest BCUT2D eigenvalue weighted by Gasteiger charge is 2.25. The Hall–Kier alpha value is -1.55. The van der Waals surface area contributed by atoms with E-state index in [0.717, 1.165) is 24.3 Å². The molecule has 20 heavy (non-hydrogen) atoms. The van der Waals surface area contributed by atoms with Crippen LogP contribution in [0.5, 0.6) is 5.75 Å². The maximum absolute atomic E-state index is 12.0. The van der Waals surface area contributed by atoms with E-state index >= 15 is 0 Å². The van der Waals surface area contributed by atoms with E-state index in [0.29, 0.717) is 19.6 Å². The number of aryl methyl sites for hydroxylation is 1. The van der Waals surface area contributed by atoms with Crippen LogP contribution in [0.15, 0.2) is 18.2 Å². The van der Waals surface area contributed by atoms with Crippen LogP contribution >= 0.6 is 0 Å². The third-order valence-corrected chi connectivity index (χ3v) is 4.03. The molecule has 1 saturated heterocycles. The van der Waals surface area contributed by atoms with Crippen LogP contribution in [0.4, 0.5) is 0 Å². The van der Waals surface area contributed by atoms with Crippen molar-refractivity contribution in [2.45, 2.75) is 26.7 Å². The van der Waals surface area contributed by atoms with E-state index in [1.54, 1.807) is 0 Å². The van der Waals surface area contributed by atoms with Gasteiger partial charge in [-0.1, -0.05) is 12.1 Å². The molecule has 1 heterocycles. The number of rotatable bonds is 5. The lowest BCUT2D eigenvalue weighted by molar-refractivity contribution is -0.130. The average Bonchev–Trinajstić information content (AvgIpc) is 2.92. The molecule has 0 radical (unpaired) electrons. The van der Waals surface area contributed by atoms with Crippen molar-refractivity contribution in [2.75, 3.05) is 26.3 Å². The molecule has 110 valence electrons. The monoisotopic (exact) mass is 277 g/mol. The second-order valence-corrected chi connectivity index (χ2v) is 5.47. The number of aliphatic hydroxyl groups is 1. The zero-order chi connectivity index (χ0) is 14.5. The van der Waals surface area contributed by atoms with Gasteiger partial charge in [0.05, 0.1) is 13.0 Å². The first kappa shape index (κ1) is 14.9. The standard InChI is InChI=1S/C16H23NO3/c1-12-4-3-5-15(13(12)2)20-9-7-16(19)17-8-6-14(10-17)11-18/h3-5,14,18H,6-11H2,1-2H3. The van der Waals surface area contributed by atoms with Gasteiger partial charge < -0.3 is 14.7 Å². The highest BCUT2D eigenvalue weighted by Crippen LogP contribution is 2.21. The fourth-order valence-electron chi connectivity index (χ4n) is 2.50. The molecule has 1 atom stereocenters. The van der Waals surface area contributed by atoms with Crippen LogP contribution in [0.2, 0.25) is 0 Å². The van der Waals surface area contributed by atoms with Crippen molar-refractivity contribution in [3.63, 3.8) is 0 Å². The second-order valence-electron chi connectivity index (χ2n) is 5.47. The number of ether oxygens (including phenoxy) is 1. The number of carbonyl (C=O) groups excluding carboxylic acids is 1. The Morgan fingerprint density at radius 1 is 1.45 bits per heavy atom. The zero-order valence-corrected chi connectivity index (χ0v) is 12.3. The number of aliphatic hydroxyl groups excluding tert-OH is 1. The summed E-state index contributed by atoms with van der Waals surface area (Å²) < 4.78 is 5.70. The molecule has 4 nitrogen and oxygen atoms in total. The van der Waals surface area contributed by atoms with Gasteiger partial charge in [-0.3, -0.25) is 4.79 Å². The van der Waals surface area contributed by atoms with Gasteiger partial charge in [0.2, 0.25) is 5.91 Å². The molecule has 0 spiro atoms. The predicted molar refractivity (Wildman–Crippen MR) is 77.8 cm³/mol. The van der Waals surface area contributed by atoms with E-state index in [4.69, 9.17) is 9.84 Å². The van der Waals surface area contributed by atoms with Gasteiger partial charge >= 0.3 is 0 Å². The van der Waals surface area contributed by atoms with E-state index < -0.39 is 0 Å². The van der Waals surface area contributed by atoms with Crippen molar-refractivity contribution in [1.29, 1.82) is 0 Å². The lowest BCUT2D eigenvalue weighted by atomic mass is 10.1. The number of benzene rings is 1. The zero-order valence-electron chi connectivity index (χ0n) is 12.3. The molecule has 4 heteroatoms. The van der Waals surface area contributed by atoms with Crippen LogP contribution in [0.3, 0.4) is 0 Å². The smallest absolute Gasteiger partial charge is 0.226 e. The number of hydrogen-bond acceptors (Lipinski definition) is 3. The van der Waals surface area contributed by atoms with Gasteiger partial charge in [-0.05, 0) is 37.5 Å². The van der Waals surface area contributed by atoms with Crippen molar-refractivity contribution in [2.24, 2.45) is 5.92 Å². The number of likely N-dealkylation sites (tertiary alicyclic amines) is 1.